The highest BCUT2D eigenvalue weighted by Crippen LogP contribution is 2.23. The van der Waals surface area contributed by atoms with Crippen LogP contribution in [-0.2, 0) is 26.7 Å². The first kappa shape index (κ1) is 22.5. The van der Waals surface area contributed by atoms with Crippen molar-refractivity contribution in [2.75, 3.05) is 13.2 Å². The molecule has 1 aliphatic rings. The van der Waals surface area contributed by atoms with Gasteiger partial charge in [-0.25, -0.2) is 13.1 Å². The molecule has 0 radical (unpaired) electrons. The largest absolute Gasteiger partial charge is 0.376 e. The molecular weight excluding hydrogens is 400 g/mol. The van der Waals surface area contributed by atoms with Crippen molar-refractivity contribution in [2.24, 2.45) is 0 Å². The van der Waals surface area contributed by atoms with Gasteiger partial charge < -0.3 is 10.1 Å². The summed E-state index contributed by atoms with van der Waals surface area (Å²) in [5, 5.41) is 2.88. The molecule has 1 atom stereocenters. The standard InChI is InChI=1S/C23H30N2O4S/c1-23(2,3)19-10-12-21(13-11-19)30(27,28)25-15-17-6-8-18(9-7-17)22(26)24-16-20-5-4-14-29-20/h6-13,20,25H,4-5,14-16H2,1-3H3,(H,24,26)/t20-/m1/s1. The minimum absolute atomic E-state index is 0.0338. The van der Waals surface area contributed by atoms with E-state index in [0.717, 1.165) is 30.6 Å². The number of ether oxygens (including phenoxy) is 1. The van der Waals surface area contributed by atoms with Gasteiger partial charge in [-0.1, -0.05) is 45.0 Å². The van der Waals surface area contributed by atoms with Gasteiger partial charge in [0.15, 0.2) is 0 Å². The highest BCUT2D eigenvalue weighted by Gasteiger charge is 2.18. The zero-order valence-corrected chi connectivity index (χ0v) is 18.6. The molecule has 1 amide bonds. The molecule has 6 nitrogen and oxygen atoms in total. The lowest BCUT2D eigenvalue weighted by molar-refractivity contribution is 0.0858. The molecule has 1 fully saturated rings. The third-order valence-corrected chi connectivity index (χ3v) is 6.64. The van der Waals surface area contributed by atoms with Crippen LogP contribution in [0.2, 0.25) is 0 Å². The van der Waals surface area contributed by atoms with Crippen LogP contribution in [0.25, 0.3) is 0 Å². The fourth-order valence-corrected chi connectivity index (χ4v) is 4.30. The van der Waals surface area contributed by atoms with Crippen LogP contribution in [0.15, 0.2) is 53.4 Å². The first-order chi connectivity index (χ1) is 14.1. The lowest BCUT2D eigenvalue weighted by atomic mass is 9.87. The number of carbonyl (C=O) groups excluding carboxylic acids is 1. The van der Waals surface area contributed by atoms with E-state index in [0.29, 0.717) is 12.1 Å². The Kier molecular flexibility index (Phi) is 6.95. The third-order valence-electron chi connectivity index (χ3n) is 5.23. The zero-order chi connectivity index (χ0) is 21.8. The molecule has 7 heteroatoms. The van der Waals surface area contributed by atoms with Crippen LogP contribution in [0.3, 0.4) is 0 Å². The van der Waals surface area contributed by atoms with Gasteiger partial charge in [-0.3, -0.25) is 4.79 Å². The molecule has 0 aromatic heterocycles. The highest BCUT2D eigenvalue weighted by molar-refractivity contribution is 7.89. The van der Waals surface area contributed by atoms with E-state index in [-0.39, 0.29) is 28.9 Å². The summed E-state index contributed by atoms with van der Waals surface area (Å²) in [5.41, 5.74) is 2.36. The van der Waals surface area contributed by atoms with E-state index < -0.39 is 10.0 Å². The van der Waals surface area contributed by atoms with Crippen LogP contribution in [-0.4, -0.2) is 33.6 Å². The second-order valence-electron chi connectivity index (χ2n) is 8.64. The Morgan fingerprint density at radius 1 is 1.07 bits per heavy atom. The summed E-state index contributed by atoms with van der Waals surface area (Å²) < 4.78 is 33.2. The number of benzene rings is 2. The Labute approximate surface area is 179 Å². The molecule has 0 bridgehead atoms. The van der Waals surface area contributed by atoms with E-state index in [4.69, 9.17) is 4.74 Å². The molecule has 2 N–H and O–H groups in total. The lowest BCUT2D eigenvalue weighted by Crippen LogP contribution is -2.31. The van der Waals surface area contributed by atoms with Gasteiger partial charge in [0.05, 0.1) is 11.0 Å². The average molecular weight is 431 g/mol. The van der Waals surface area contributed by atoms with Crippen molar-refractivity contribution in [1.29, 1.82) is 0 Å². The maximum Gasteiger partial charge on any atom is 0.251 e. The molecule has 162 valence electrons. The maximum atomic E-state index is 12.6. The van der Waals surface area contributed by atoms with Crippen LogP contribution in [0.1, 0.15) is 55.1 Å². The summed E-state index contributed by atoms with van der Waals surface area (Å²) in [6.45, 7) is 7.67. The molecule has 0 aliphatic carbocycles. The number of carbonyl (C=O) groups is 1. The number of hydrogen-bond donors (Lipinski definition) is 2. The third kappa shape index (κ3) is 5.90. The topological polar surface area (TPSA) is 84.5 Å². The van der Waals surface area contributed by atoms with E-state index in [9.17, 15) is 13.2 Å². The predicted molar refractivity (Wildman–Crippen MR) is 117 cm³/mol. The Bertz CT molecular complexity index is 956. The van der Waals surface area contributed by atoms with Crippen molar-refractivity contribution < 1.29 is 17.9 Å². The number of sulfonamides is 1. The Balaban J connectivity index is 1.55. The van der Waals surface area contributed by atoms with Gasteiger partial charge in [0.1, 0.15) is 0 Å². The molecule has 1 aliphatic heterocycles. The molecule has 0 unspecified atom stereocenters. The molecule has 1 heterocycles. The smallest absolute Gasteiger partial charge is 0.251 e. The number of nitrogens with one attached hydrogen (secondary N) is 2. The highest BCUT2D eigenvalue weighted by atomic mass is 32.2. The first-order valence-electron chi connectivity index (χ1n) is 10.2. The monoisotopic (exact) mass is 430 g/mol. The van der Waals surface area contributed by atoms with Gasteiger partial charge in [0.2, 0.25) is 10.0 Å². The second-order valence-corrected chi connectivity index (χ2v) is 10.4. The summed E-state index contributed by atoms with van der Waals surface area (Å²) in [6, 6.07) is 13.9. The van der Waals surface area contributed by atoms with E-state index in [2.05, 4.69) is 30.8 Å². The van der Waals surface area contributed by atoms with Gasteiger partial charge in [-0.15, -0.1) is 0 Å². The second kappa shape index (κ2) is 9.29. The average Bonchev–Trinajstić information content (AvgIpc) is 3.24. The lowest BCUT2D eigenvalue weighted by Gasteiger charge is -2.19. The Morgan fingerprint density at radius 2 is 1.73 bits per heavy atom. The predicted octanol–water partition coefficient (Wildman–Crippen LogP) is 3.37. The molecule has 2 aromatic carbocycles. The molecule has 2 aromatic rings. The van der Waals surface area contributed by atoms with Crippen LogP contribution in [0, 0.1) is 0 Å². The molecule has 0 saturated carbocycles. The van der Waals surface area contributed by atoms with Crippen molar-refractivity contribution in [1.82, 2.24) is 10.0 Å². The van der Waals surface area contributed by atoms with Gasteiger partial charge in [-0.05, 0) is 53.6 Å². The van der Waals surface area contributed by atoms with Gasteiger partial charge in [0, 0.05) is 25.3 Å². The fourth-order valence-electron chi connectivity index (χ4n) is 3.28. The summed E-state index contributed by atoms with van der Waals surface area (Å²) in [6.07, 6.45) is 2.10. The molecule has 0 spiro atoms. The number of rotatable bonds is 7. The normalized spacial score (nSPS) is 17.1. The van der Waals surface area contributed by atoms with E-state index in [1.165, 1.54) is 0 Å². The minimum atomic E-state index is -3.61. The van der Waals surface area contributed by atoms with Gasteiger partial charge in [0.25, 0.3) is 5.91 Å². The number of amides is 1. The van der Waals surface area contributed by atoms with Crippen molar-refractivity contribution in [2.45, 2.75) is 56.6 Å². The summed E-state index contributed by atoms with van der Waals surface area (Å²) in [5.74, 6) is -0.156. The van der Waals surface area contributed by atoms with Crippen LogP contribution < -0.4 is 10.0 Å². The fraction of sp³-hybridized carbons (Fsp3) is 0.435. The minimum Gasteiger partial charge on any atom is -0.376 e. The van der Waals surface area contributed by atoms with Crippen molar-refractivity contribution in [3.05, 3.63) is 65.2 Å². The maximum absolute atomic E-state index is 12.6. The summed E-state index contributed by atoms with van der Waals surface area (Å²) >= 11 is 0. The Morgan fingerprint density at radius 3 is 2.30 bits per heavy atom. The van der Waals surface area contributed by atoms with Crippen LogP contribution >= 0.6 is 0 Å². The van der Waals surface area contributed by atoms with Gasteiger partial charge in [-0.2, -0.15) is 0 Å². The van der Waals surface area contributed by atoms with Crippen LogP contribution in [0.5, 0.6) is 0 Å². The first-order valence-corrected chi connectivity index (χ1v) is 11.7. The molecule has 3 rings (SSSR count). The van der Waals surface area contributed by atoms with Gasteiger partial charge >= 0.3 is 0 Å². The molecular formula is C23H30N2O4S. The quantitative estimate of drug-likeness (QED) is 0.705. The molecule has 30 heavy (non-hydrogen) atoms. The van der Waals surface area contributed by atoms with E-state index in [1.807, 2.05) is 12.1 Å². The number of hydrogen-bond acceptors (Lipinski definition) is 4. The van der Waals surface area contributed by atoms with E-state index >= 15 is 0 Å². The molecule has 1 saturated heterocycles. The van der Waals surface area contributed by atoms with E-state index in [1.54, 1.807) is 36.4 Å². The SMILES string of the molecule is CC(C)(C)c1ccc(S(=O)(=O)NCc2ccc(C(=O)NC[C@H]3CCCO3)cc2)cc1. The summed E-state index contributed by atoms with van der Waals surface area (Å²) in [7, 11) is -3.61. The zero-order valence-electron chi connectivity index (χ0n) is 17.8. The van der Waals surface area contributed by atoms with Crippen molar-refractivity contribution in [3.8, 4) is 0 Å². The summed E-state index contributed by atoms with van der Waals surface area (Å²) in [4.78, 5) is 12.5. The van der Waals surface area contributed by atoms with Crippen molar-refractivity contribution in [3.63, 3.8) is 0 Å². The van der Waals surface area contributed by atoms with Crippen molar-refractivity contribution >= 4 is 15.9 Å². The Hall–Kier alpha value is -2.22. The van der Waals surface area contributed by atoms with Crippen LogP contribution in [0.4, 0.5) is 0 Å².